The Morgan fingerprint density at radius 2 is 0.944 bits per heavy atom. The molecule has 1 aromatic carbocycles. The number of unbranched alkanes of at least 4 members (excludes halogenated alkanes) is 15. The van der Waals surface area contributed by atoms with E-state index in [4.69, 9.17) is 5.11 Å². The van der Waals surface area contributed by atoms with Gasteiger partial charge in [-0.25, -0.2) is 4.79 Å². The molecule has 1 rings (SSSR count). The molecular weight excluding hydrogens is 461 g/mol. The fraction of sp³-hybridized carbons (Fsp3) is 0.781. The van der Waals surface area contributed by atoms with E-state index in [1.807, 2.05) is 0 Å². The van der Waals surface area contributed by atoms with E-state index in [0.717, 1.165) is 5.69 Å². The predicted octanol–water partition coefficient (Wildman–Crippen LogP) is 11.0. The molecule has 0 fully saturated rings. The molecule has 0 unspecified atom stereocenters. The Morgan fingerprint density at radius 1 is 0.611 bits per heavy atom. The molecule has 4 heteroatoms. The monoisotopic (exact) mass is 521 g/mol. The number of benzene rings is 1. The van der Waals surface area contributed by atoms with Crippen LogP contribution >= 0.6 is 7.92 Å². The predicted molar refractivity (Wildman–Crippen MR) is 165 cm³/mol. The third-order valence-corrected chi connectivity index (χ3v) is 9.75. The highest BCUT2D eigenvalue weighted by Crippen LogP contribution is 2.39. The van der Waals surface area contributed by atoms with Gasteiger partial charge in [-0.3, -0.25) is 0 Å². The number of anilines is 1. The molecule has 0 aliphatic heterocycles. The summed E-state index contributed by atoms with van der Waals surface area (Å²) in [5.41, 5.74) is 1.22. The molecule has 36 heavy (non-hydrogen) atoms. The third-order valence-electron chi connectivity index (χ3n) is 6.90. The summed E-state index contributed by atoms with van der Waals surface area (Å²) >= 11 is 0. The standard InChI is InChI=1S/C24H51P.C8H9NO2/c1-4-7-10-13-16-19-22-25(23-20-17-14-11-8-5-2)24-21-18-15-12-9-6-3;1-9-7-4-2-6(3-5-7)8(10)11/h4-24H2,1-3H3;2-5,9H,1H3,(H,10,11). The molecule has 0 saturated heterocycles. The molecule has 0 amide bonds. The van der Waals surface area contributed by atoms with Crippen molar-refractivity contribution < 1.29 is 9.90 Å². The van der Waals surface area contributed by atoms with Crippen molar-refractivity contribution in [3.63, 3.8) is 0 Å². The van der Waals surface area contributed by atoms with Gasteiger partial charge in [0, 0.05) is 12.7 Å². The van der Waals surface area contributed by atoms with Crippen LogP contribution in [0.15, 0.2) is 24.3 Å². The summed E-state index contributed by atoms with van der Waals surface area (Å²) in [4.78, 5) is 10.4. The summed E-state index contributed by atoms with van der Waals surface area (Å²) in [6.45, 7) is 6.96. The Bertz CT molecular complexity index is 552. The highest BCUT2D eigenvalue weighted by Gasteiger charge is 2.08. The minimum atomic E-state index is -0.896. The maximum absolute atomic E-state index is 10.4. The van der Waals surface area contributed by atoms with Gasteiger partial charge in [0.25, 0.3) is 0 Å². The summed E-state index contributed by atoms with van der Waals surface area (Å²) in [7, 11) is 2.15. The summed E-state index contributed by atoms with van der Waals surface area (Å²) in [5, 5.41) is 11.4. The second-order valence-electron chi connectivity index (χ2n) is 10.3. The number of carboxylic acids is 1. The van der Waals surface area contributed by atoms with Crippen LogP contribution in [-0.2, 0) is 0 Å². The number of rotatable bonds is 23. The van der Waals surface area contributed by atoms with Crippen LogP contribution in [0.25, 0.3) is 0 Å². The van der Waals surface area contributed by atoms with Crippen LogP contribution in [0, 0.1) is 0 Å². The highest BCUT2D eigenvalue weighted by molar-refractivity contribution is 7.57. The molecule has 0 spiro atoms. The zero-order chi connectivity index (χ0) is 26.7. The smallest absolute Gasteiger partial charge is 0.335 e. The number of hydrogen-bond donors (Lipinski definition) is 2. The Hall–Kier alpha value is -1.08. The lowest BCUT2D eigenvalue weighted by atomic mass is 10.1. The lowest BCUT2D eigenvalue weighted by Gasteiger charge is -2.18. The topological polar surface area (TPSA) is 49.3 Å². The van der Waals surface area contributed by atoms with Crippen LogP contribution in [0.4, 0.5) is 5.69 Å². The number of hydrogen-bond acceptors (Lipinski definition) is 2. The van der Waals surface area contributed by atoms with Crippen molar-refractivity contribution in [2.75, 3.05) is 30.9 Å². The van der Waals surface area contributed by atoms with Gasteiger partial charge >= 0.3 is 5.97 Å². The maximum Gasteiger partial charge on any atom is 0.335 e. The van der Waals surface area contributed by atoms with Crippen molar-refractivity contribution in [1.82, 2.24) is 0 Å². The van der Waals surface area contributed by atoms with Crippen LogP contribution in [0.3, 0.4) is 0 Å². The largest absolute Gasteiger partial charge is 0.478 e. The van der Waals surface area contributed by atoms with Gasteiger partial charge in [-0.15, -0.1) is 7.92 Å². The van der Waals surface area contributed by atoms with Crippen molar-refractivity contribution in [3.05, 3.63) is 29.8 Å². The molecule has 210 valence electrons. The van der Waals surface area contributed by atoms with E-state index in [1.54, 1.807) is 49.8 Å². The fourth-order valence-electron chi connectivity index (χ4n) is 4.46. The number of aromatic carboxylic acids is 1. The van der Waals surface area contributed by atoms with E-state index in [0.29, 0.717) is 13.5 Å². The Balaban J connectivity index is 0.000000918. The molecule has 0 aromatic heterocycles. The fourth-order valence-corrected chi connectivity index (χ4v) is 7.15. The van der Waals surface area contributed by atoms with E-state index in [-0.39, 0.29) is 0 Å². The van der Waals surface area contributed by atoms with E-state index in [9.17, 15) is 4.79 Å². The SMILES string of the molecule is CCCCCCCCP(CCCCCCCC)CCCCCCCC.CNc1ccc(C(=O)O)cc1. The van der Waals surface area contributed by atoms with Gasteiger partial charge in [-0.2, -0.15) is 0 Å². The molecule has 0 saturated carbocycles. The van der Waals surface area contributed by atoms with Crippen LogP contribution in [0.2, 0.25) is 0 Å². The van der Waals surface area contributed by atoms with Gasteiger partial charge in [-0.05, 0) is 62.0 Å². The molecule has 0 atom stereocenters. The molecular formula is C32H60NO2P. The quantitative estimate of drug-likeness (QED) is 0.111. The molecule has 1 aromatic rings. The molecule has 0 heterocycles. The first kappa shape index (κ1) is 34.9. The second kappa shape index (κ2) is 27.0. The summed E-state index contributed by atoms with van der Waals surface area (Å²) < 4.78 is 0. The van der Waals surface area contributed by atoms with E-state index in [2.05, 4.69) is 26.1 Å². The Labute approximate surface area is 226 Å². The van der Waals surface area contributed by atoms with Gasteiger partial charge in [0.05, 0.1) is 5.56 Å². The number of carboxylic acid groups (broad SMARTS) is 1. The molecule has 0 aliphatic rings. The molecule has 2 N–H and O–H groups in total. The van der Waals surface area contributed by atoms with Crippen molar-refractivity contribution in [2.24, 2.45) is 0 Å². The average molecular weight is 522 g/mol. The normalized spacial score (nSPS) is 10.8. The van der Waals surface area contributed by atoms with Crippen LogP contribution in [0.1, 0.15) is 147 Å². The summed E-state index contributed by atoms with van der Waals surface area (Å²) in [6, 6.07) is 6.58. The minimum Gasteiger partial charge on any atom is -0.478 e. The molecule has 0 radical (unpaired) electrons. The number of carbonyl (C=O) groups is 1. The van der Waals surface area contributed by atoms with Crippen molar-refractivity contribution >= 4 is 19.6 Å². The first-order valence-electron chi connectivity index (χ1n) is 15.3. The summed E-state index contributed by atoms with van der Waals surface area (Å²) in [6.07, 6.45) is 31.2. The zero-order valence-electron chi connectivity index (χ0n) is 24.5. The van der Waals surface area contributed by atoms with E-state index >= 15 is 0 Å². The zero-order valence-corrected chi connectivity index (χ0v) is 25.4. The van der Waals surface area contributed by atoms with E-state index in [1.165, 1.54) is 116 Å². The Kier molecular flexibility index (Phi) is 26.2. The Morgan fingerprint density at radius 3 is 1.25 bits per heavy atom. The van der Waals surface area contributed by atoms with Gasteiger partial charge in [-0.1, -0.05) is 117 Å². The van der Waals surface area contributed by atoms with Crippen molar-refractivity contribution in [1.29, 1.82) is 0 Å². The molecule has 0 aliphatic carbocycles. The maximum atomic E-state index is 10.4. The lowest BCUT2D eigenvalue weighted by molar-refractivity contribution is 0.0697. The third kappa shape index (κ3) is 22.1. The average Bonchev–Trinajstić information content (AvgIpc) is 2.90. The van der Waals surface area contributed by atoms with Gasteiger partial charge in [0.2, 0.25) is 0 Å². The highest BCUT2D eigenvalue weighted by atomic mass is 31.1. The lowest BCUT2D eigenvalue weighted by Crippen LogP contribution is -1.97. The minimum absolute atomic E-state index is 0.309. The van der Waals surface area contributed by atoms with Crippen molar-refractivity contribution in [2.45, 2.75) is 136 Å². The summed E-state index contributed by atoms with van der Waals surface area (Å²) in [5.74, 6) is -0.896. The van der Waals surface area contributed by atoms with Gasteiger partial charge in [0.15, 0.2) is 0 Å². The van der Waals surface area contributed by atoms with Gasteiger partial charge < -0.3 is 10.4 Å². The molecule has 3 nitrogen and oxygen atoms in total. The van der Waals surface area contributed by atoms with Crippen LogP contribution in [0.5, 0.6) is 0 Å². The van der Waals surface area contributed by atoms with Crippen molar-refractivity contribution in [3.8, 4) is 0 Å². The second-order valence-corrected chi connectivity index (χ2v) is 13.0. The molecule has 0 bridgehead atoms. The van der Waals surface area contributed by atoms with Crippen LogP contribution < -0.4 is 5.32 Å². The van der Waals surface area contributed by atoms with E-state index < -0.39 is 5.97 Å². The first-order valence-corrected chi connectivity index (χ1v) is 17.2. The number of nitrogens with one attached hydrogen (secondary N) is 1. The van der Waals surface area contributed by atoms with Gasteiger partial charge in [0.1, 0.15) is 0 Å². The van der Waals surface area contributed by atoms with Crippen LogP contribution in [-0.4, -0.2) is 36.6 Å². The first-order chi connectivity index (χ1) is 17.6.